The summed E-state index contributed by atoms with van der Waals surface area (Å²) in [7, 11) is -3.56. The van der Waals surface area contributed by atoms with Gasteiger partial charge in [0.2, 0.25) is 10.0 Å². The van der Waals surface area contributed by atoms with Crippen LogP contribution in [0.5, 0.6) is 0 Å². The van der Waals surface area contributed by atoms with Gasteiger partial charge in [0.1, 0.15) is 5.01 Å². The molecule has 3 aromatic rings. The zero-order chi connectivity index (χ0) is 17.2. The molecule has 2 aromatic heterocycles. The maximum Gasteiger partial charge on any atom is 0.241 e. The number of pyridine rings is 1. The first-order valence-corrected chi connectivity index (χ1v) is 9.74. The van der Waals surface area contributed by atoms with Crippen molar-refractivity contribution in [3.8, 4) is 11.3 Å². The summed E-state index contributed by atoms with van der Waals surface area (Å²) in [5.41, 5.74) is 3.48. The van der Waals surface area contributed by atoms with Crippen molar-refractivity contribution >= 4 is 21.4 Å². The highest BCUT2D eigenvalue weighted by atomic mass is 32.2. The first kappa shape index (κ1) is 16.8. The second-order valence-electron chi connectivity index (χ2n) is 5.46. The third-order valence-electron chi connectivity index (χ3n) is 3.54. The Labute approximate surface area is 145 Å². The van der Waals surface area contributed by atoms with Crippen LogP contribution in [-0.2, 0) is 16.6 Å². The summed E-state index contributed by atoms with van der Waals surface area (Å²) in [5.74, 6) is 0. The van der Waals surface area contributed by atoms with Crippen molar-refractivity contribution in [1.29, 1.82) is 0 Å². The average molecular weight is 359 g/mol. The smallest absolute Gasteiger partial charge is 0.241 e. The van der Waals surface area contributed by atoms with E-state index in [1.807, 2.05) is 30.5 Å². The van der Waals surface area contributed by atoms with Crippen molar-refractivity contribution in [2.24, 2.45) is 0 Å². The lowest BCUT2D eigenvalue weighted by Crippen LogP contribution is -2.24. The van der Waals surface area contributed by atoms with Crippen molar-refractivity contribution < 1.29 is 8.42 Å². The average Bonchev–Trinajstić information content (AvgIpc) is 3.02. The van der Waals surface area contributed by atoms with Gasteiger partial charge in [-0.05, 0) is 37.6 Å². The zero-order valence-corrected chi connectivity index (χ0v) is 15.0. The second kappa shape index (κ2) is 6.80. The molecule has 0 amide bonds. The first-order valence-electron chi connectivity index (χ1n) is 7.37. The molecule has 0 aliphatic carbocycles. The fourth-order valence-electron chi connectivity index (χ4n) is 2.37. The number of nitrogens with one attached hydrogen (secondary N) is 1. The van der Waals surface area contributed by atoms with Crippen LogP contribution in [0.2, 0.25) is 0 Å². The second-order valence-corrected chi connectivity index (χ2v) is 8.14. The maximum atomic E-state index is 12.5. The fourth-order valence-corrected chi connectivity index (χ4v) is 4.42. The molecule has 5 nitrogen and oxygen atoms in total. The Balaban J connectivity index is 1.75. The topological polar surface area (TPSA) is 72.0 Å². The van der Waals surface area contributed by atoms with Gasteiger partial charge in [0.05, 0.1) is 17.1 Å². The van der Waals surface area contributed by atoms with Crippen LogP contribution in [0.15, 0.2) is 53.0 Å². The summed E-state index contributed by atoms with van der Waals surface area (Å²) in [6, 6.07) is 9.06. The number of nitrogens with zero attached hydrogens (tertiary/aromatic N) is 2. The minimum atomic E-state index is -3.56. The highest BCUT2D eigenvalue weighted by Crippen LogP contribution is 2.22. The van der Waals surface area contributed by atoms with Gasteiger partial charge < -0.3 is 0 Å². The molecule has 3 rings (SSSR count). The van der Waals surface area contributed by atoms with Gasteiger partial charge in [-0.2, -0.15) is 0 Å². The van der Waals surface area contributed by atoms with Gasteiger partial charge in [-0.1, -0.05) is 17.7 Å². The Morgan fingerprint density at radius 2 is 2.04 bits per heavy atom. The van der Waals surface area contributed by atoms with E-state index in [0.29, 0.717) is 9.90 Å². The molecule has 0 radical (unpaired) electrons. The number of benzene rings is 1. The standard InChI is InChI=1S/C17H17N3O2S2/c1-12-5-6-16(13(2)8-12)24(21,22)19-10-17-20-15(11-23-17)14-4-3-7-18-9-14/h3-9,11,19H,10H2,1-2H3. The number of aromatic nitrogens is 2. The van der Waals surface area contributed by atoms with E-state index in [4.69, 9.17) is 0 Å². The van der Waals surface area contributed by atoms with E-state index in [0.717, 1.165) is 22.4 Å². The van der Waals surface area contributed by atoms with Crippen molar-refractivity contribution in [2.45, 2.75) is 25.3 Å². The third-order valence-corrected chi connectivity index (χ3v) is 5.95. The normalized spacial score (nSPS) is 11.6. The van der Waals surface area contributed by atoms with Crippen LogP contribution in [0.1, 0.15) is 16.1 Å². The number of aryl methyl sites for hydroxylation is 2. The Hall–Kier alpha value is -2.09. The van der Waals surface area contributed by atoms with Crippen LogP contribution in [-0.4, -0.2) is 18.4 Å². The monoisotopic (exact) mass is 359 g/mol. The molecule has 1 aromatic carbocycles. The molecule has 1 N–H and O–H groups in total. The fraction of sp³-hybridized carbons (Fsp3) is 0.176. The molecule has 0 aliphatic heterocycles. The predicted octanol–water partition coefficient (Wildman–Crippen LogP) is 3.30. The largest absolute Gasteiger partial charge is 0.264 e. The number of rotatable bonds is 5. The summed E-state index contributed by atoms with van der Waals surface area (Å²) in [6.07, 6.45) is 3.44. The first-order chi connectivity index (χ1) is 11.5. The molecule has 0 fully saturated rings. The number of thiazole rings is 1. The van der Waals surface area contributed by atoms with E-state index in [1.54, 1.807) is 31.5 Å². The molecule has 0 unspecified atom stereocenters. The maximum absolute atomic E-state index is 12.5. The van der Waals surface area contributed by atoms with Crippen LogP contribution in [0.4, 0.5) is 0 Å². The van der Waals surface area contributed by atoms with Crippen molar-refractivity contribution in [3.63, 3.8) is 0 Å². The molecule has 124 valence electrons. The van der Waals surface area contributed by atoms with Crippen molar-refractivity contribution in [2.75, 3.05) is 0 Å². The molecule has 0 atom stereocenters. The predicted molar refractivity (Wildman–Crippen MR) is 95.3 cm³/mol. The SMILES string of the molecule is Cc1ccc(S(=O)(=O)NCc2nc(-c3cccnc3)cs2)c(C)c1. The zero-order valence-electron chi connectivity index (χ0n) is 13.4. The van der Waals surface area contributed by atoms with Crippen LogP contribution >= 0.6 is 11.3 Å². The van der Waals surface area contributed by atoms with Gasteiger partial charge in [0.15, 0.2) is 0 Å². The molecular weight excluding hydrogens is 342 g/mol. The quantitative estimate of drug-likeness (QED) is 0.759. The Morgan fingerprint density at radius 1 is 1.21 bits per heavy atom. The van der Waals surface area contributed by atoms with E-state index < -0.39 is 10.0 Å². The van der Waals surface area contributed by atoms with Crippen LogP contribution in [0.3, 0.4) is 0 Å². The van der Waals surface area contributed by atoms with E-state index in [1.165, 1.54) is 11.3 Å². The van der Waals surface area contributed by atoms with E-state index >= 15 is 0 Å². The minimum absolute atomic E-state index is 0.167. The van der Waals surface area contributed by atoms with Crippen LogP contribution in [0, 0.1) is 13.8 Å². The molecule has 0 spiro atoms. The van der Waals surface area contributed by atoms with Crippen LogP contribution < -0.4 is 4.72 Å². The lowest BCUT2D eigenvalue weighted by Gasteiger charge is -2.09. The van der Waals surface area contributed by atoms with Gasteiger partial charge in [-0.25, -0.2) is 18.1 Å². The summed E-state index contributed by atoms with van der Waals surface area (Å²) in [4.78, 5) is 8.83. The highest BCUT2D eigenvalue weighted by Gasteiger charge is 2.17. The number of sulfonamides is 1. The molecule has 24 heavy (non-hydrogen) atoms. The third kappa shape index (κ3) is 3.69. The Kier molecular flexibility index (Phi) is 4.75. The molecule has 0 aliphatic rings. The molecule has 2 heterocycles. The van der Waals surface area contributed by atoms with Crippen LogP contribution in [0.25, 0.3) is 11.3 Å². The summed E-state index contributed by atoms with van der Waals surface area (Å²) in [5, 5.41) is 2.61. The minimum Gasteiger partial charge on any atom is -0.264 e. The van der Waals surface area contributed by atoms with Crippen molar-refractivity contribution in [3.05, 3.63) is 64.2 Å². The van der Waals surface area contributed by atoms with Gasteiger partial charge >= 0.3 is 0 Å². The van der Waals surface area contributed by atoms with Gasteiger partial charge in [0.25, 0.3) is 0 Å². The van der Waals surface area contributed by atoms with Gasteiger partial charge in [-0.3, -0.25) is 4.98 Å². The number of hydrogen-bond acceptors (Lipinski definition) is 5. The molecule has 7 heteroatoms. The summed E-state index contributed by atoms with van der Waals surface area (Å²) < 4.78 is 27.6. The lowest BCUT2D eigenvalue weighted by molar-refractivity contribution is 0.580. The van der Waals surface area contributed by atoms with E-state index in [2.05, 4.69) is 14.7 Å². The Bertz CT molecular complexity index is 951. The molecular formula is C17H17N3O2S2. The van der Waals surface area contributed by atoms with E-state index in [-0.39, 0.29) is 6.54 Å². The molecule has 0 bridgehead atoms. The summed E-state index contributed by atoms with van der Waals surface area (Å²) in [6.45, 7) is 3.90. The lowest BCUT2D eigenvalue weighted by atomic mass is 10.2. The Morgan fingerprint density at radius 3 is 2.75 bits per heavy atom. The highest BCUT2D eigenvalue weighted by molar-refractivity contribution is 7.89. The molecule has 0 saturated carbocycles. The van der Waals surface area contributed by atoms with E-state index in [9.17, 15) is 8.42 Å². The van der Waals surface area contributed by atoms with Crippen molar-refractivity contribution in [1.82, 2.24) is 14.7 Å². The van der Waals surface area contributed by atoms with Gasteiger partial charge in [-0.15, -0.1) is 11.3 Å². The molecule has 0 saturated heterocycles. The number of hydrogen-bond donors (Lipinski definition) is 1. The van der Waals surface area contributed by atoms with Gasteiger partial charge in [0, 0.05) is 23.3 Å². The summed E-state index contributed by atoms with van der Waals surface area (Å²) >= 11 is 1.42.